The van der Waals surface area contributed by atoms with Crippen LogP contribution in [0, 0.1) is 15.9 Å². The average molecular weight is 436 g/mol. The van der Waals surface area contributed by atoms with E-state index >= 15 is 0 Å². The predicted molar refractivity (Wildman–Crippen MR) is 115 cm³/mol. The molecule has 0 aliphatic carbocycles. The van der Waals surface area contributed by atoms with E-state index in [2.05, 4.69) is 15.8 Å². The summed E-state index contributed by atoms with van der Waals surface area (Å²) in [6.07, 6.45) is 1.34. The van der Waals surface area contributed by atoms with E-state index < -0.39 is 22.6 Å². The molecule has 0 spiro atoms. The average Bonchev–Trinajstić information content (AvgIpc) is 2.80. The highest BCUT2D eigenvalue weighted by Gasteiger charge is 2.09. The molecule has 0 heterocycles. The lowest BCUT2D eigenvalue weighted by Crippen LogP contribution is -2.20. The Morgan fingerprint density at radius 1 is 1.03 bits per heavy atom. The van der Waals surface area contributed by atoms with Crippen molar-refractivity contribution < 1.29 is 23.6 Å². The van der Waals surface area contributed by atoms with Crippen molar-refractivity contribution in [2.75, 3.05) is 11.9 Å². The largest absolute Gasteiger partial charge is 0.483 e. The maximum atomic E-state index is 12.9. The second kappa shape index (κ2) is 10.4. The second-order valence-electron chi connectivity index (χ2n) is 6.38. The number of amides is 2. The number of rotatable bonds is 8. The summed E-state index contributed by atoms with van der Waals surface area (Å²) in [5, 5.41) is 17.1. The third kappa shape index (κ3) is 6.20. The SMILES string of the molecule is O=C(COc1ccccc1/C=N/NC(=O)c1ccc([N+](=O)[O-])cc1)Nc1ccc(F)cc1. The van der Waals surface area contributed by atoms with Gasteiger partial charge in [0.1, 0.15) is 11.6 Å². The number of nitrogens with zero attached hydrogens (tertiary/aromatic N) is 2. The van der Waals surface area contributed by atoms with Crippen molar-refractivity contribution in [2.45, 2.75) is 0 Å². The Morgan fingerprint density at radius 3 is 2.41 bits per heavy atom. The van der Waals surface area contributed by atoms with Crippen LogP contribution in [0.25, 0.3) is 0 Å². The van der Waals surface area contributed by atoms with Gasteiger partial charge in [0.15, 0.2) is 6.61 Å². The molecule has 10 heteroatoms. The Balaban J connectivity index is 1.56. The fourth-order valence-electron chi connectivity index (χ4n) is 2.55. The number of nitro groups is 1. The van der Waals surface area contributed by atoms with E-state index in [1.165, 1.54) is 54.7 Å². The number of non-ortho nitro benzene ring substituents is 1. The molecule has 0 aliphatic rings. The fraction of sp³-hybridized carbons (Fsp3) is 0.0455. The van der Waals surface area contributed by atoms with E-state index in [0.717, 1.165) is 0 Å². The zero-order chi connectivity index (χ0) is 22.9. The van der Waals surface area contributed by atoms with Crippen LogP contribution in [0.3, 0.4) is 0 Å². The summed E-state index contributed by atoms with van der Waals surface area (Å²) in [5.41, 5.74) is 3.34. The molecule has 3 rings (SSSR count). The van der Waals surface area contributed by atoms with Gasteiger partial charge in [0.25, 0.3) is 17.5 Å². The maximum Gasteiger partial charge on any atom is 0.271 e. The molecule has 2 amide bonds. The van der Waals surface area contributed by atoms with Gasteiger partial charge in [0.2, 0.25) is 0 Å². The summed E-state index contributed by atoms with van der Waals surface area (Å²) in [4.78, 5) is 34.3. The first-order chi connectivity index (χ1) is 15.4. The number of halogens is 1. The summed E-state index contributed by atoms with van der Waals surface area (Å²) >= 11 is 0. The molecule has 3 aromatic carbocycles. The van der Waals surface area contributed by atoms with Crippen molar-refractivity contribution in [1.82, 2.24) is 5.43 Å². The van der Waals surface area contributed by atoms with Crippen molar-refractivity contribution >= 4 is 29.4 Å². The molecule has 0 aromatic heterocycles. The second-order valence-corrected chi connectivity index (χ2v) is 6.38. The molecule has 2 N–H and O–H groups in total. The Labute approximate surface area is 181 Å². The molecule has 0 atom stereocenters. The topological polar surface area (TPSA) is 123 Å². The van der Waals surface area contributed by atoms with Gasteiger partial charge in [0, 0.05) is 28.9 Å². The molecular weight excluding hydrogens is 419 g/mol. The number of nitro benzene ring substituents is 1. The third-order valence-electron chi connectivity index (χ3n) is 4.12. The van der Waals surface area contributed by atoms with E-state index in [1.807, 2.05) is 0 Å². The highest BCUT2D eigenvalue weighted by Crippen LogP contribution is 2.16. The standard InChI is InChI=1S/C22H17FN4O5/c23-17-7-9-18(10-8-17)25-21(28)14-32-20-4-2-1-3-16(20)13-24-26-22(29)15-5-11-19(12-6-15)27(30)31/h1-13H,14H2,(H,25,28)(H,26,29)/b24-13+. The van der Waals surface area contributed by atoms with Crippen molar-refractivity contribution in [3.8, 4) is 5.75 Å². The number of carbonyl (C=O) groups excluding carboxylic acids is 2. The van der Waals surface area contributed by atoms with Gasteiger partial charge in [-0.25, -0.2) is 9.82 Å². The number of nitrogens with one attached hydrogen (secondary N) is 2. The lowest BCUT2D eigenvalue weighted by Gasteiger charge is -2.09. The number of anilines is 1. The molecule has 0 unspecified atom stereocenters. The van der Waals surface area contributed by atoms with Gasteiger partial charge in [-0.2, -0.15) is 5.10 Å². The Morgan fingerprint density at radius 2 is 1.72 bits per heavy atom. The molecule has 0 radical (unpaired) electrons. The van der Waals surface area contributed by atoms with Crippen LogP contribution in [0.4, 0.5) is 15.8 Å². The maximum absolute atomic E-state index is 12.9. The molecular formula is C22H17FN4O5. The van der Waals surface area contributed by atoms with E-state index in [-0.39, 0.29) is 17.9 Å². The van der Waals surface area contributed by atoms with Crippen LogP contribution in [0.15, 0.2) is 77.9 Å². The van der Waals surface area contributed by atoms with Gasteiger partial charge >= 0.3 is 0 Å². The Hall–Kier alpha value is -4.60. The molecule has 0 saturated heterocycles. The van der Waals surface area contributed by atoms with Gasteiger partial charge < -0.3 is 10.1 Å². The molecule has 3 aromatic rings. The molecule has 0 bridgehead atoms. The first-order valence-electron chi connectivity index (χ1n) is 9.27. The van der Waals surface area contributed by atoms with Crippen LogP contribution in [-0.4, -0.2) is 29.6 Å². The predicted octanol–water partition coefficient (Wildman–Crippen LogP) is 3.52. The summed E-state index contributed by atoms with van der Waals surface area (Å²) in [7, 11) is 0. The number of hydrazone groups is 1. The summed E-state index contributed by atoms with van der Waals surface area (Å²) in [5.74, 6) is -1.04. The van der Waals surface area contributed by atoms with Crippen molar-refractivity contribution in [3.63, 3.8) is 0 Å². The van der Waals surface area contributed by atoms with Crippen molar-refractivity contribution in [2.24, 2.45) is 5.10 Å². The Kier molecular flexibility index (Phi) is 7.20. The Bertz CT molecular complexity index is 1150. The van der Waals surface area contributed by atoms with Crippen LogP contribution in [0.5, 0.6) is 5.75 Å². The summed E-state index contributed by atoms with van der Waals surface area (Å²) in [6.45, 7) is -0.294. The molecule has 162 valence electrons. The minimum Gasteiger partial charge on any atom is -0.483 e. The summed E-state index contributed by atoms with van der Waals surface area (Å²) in [6, 6.07) is 17.1. The van der Waals surface area contributed by atoms with Crippen LogP contribution in [-0.2, 0) is 4.79 Å². The first kappa shape index (κ1) is 22.1. The molecule has 0 fully saturated rings. The third-order valence-corrected chi connectivity index (χ3v) is 4.12. The normalized spacial score (nSPS) is 10.5. The number of carbonyl (C=O) groups is 2. The van der Waals surface area contributed by atoms with Crippen LogP contribution >= 0.6 is 0 Å². The number of ether oxygens (including phenoxy) is 1. The number of hydrogen-bond acceptors (Lipinski definition) is 6. The smallest absolute Gasteiger partial charge is 0.271 e. The zero-order valence-electron chi connectivity index (χ0n) is 16.5. The fourth-order valence-corrected chi connectivity index (χ4v) is 2.55. The van der Waals surface area contributed by atoms with Crippen molar-refractivity contribution in [1.29, 1.82) is 0 Å². The number of hydrogen-bond donors (Lipinski definition) is 2. The zero-order valence-corrected chi connectivity index (χ0v) is 16.5. The highest BCUT2D eigenvalue weighted by atomic mass is 19.1. The first-order valence-corrected chi connectivity index (χ1v) is 9.27. The van der Waals surface area contributed by atoms with Crippen LogP contribution < -0.4 is 15.5 Å². The lowest BCUT2D eigenvalue weighted by atomic mass is 10.2. The van der Waals surface area contributed by atoms with Crippen LogP contribution in [0.2, 0.25) is 0 Å². The van der Waals surface area contributed by atoms with E-state index in [1.54, 1.807) is 24.3 Å². The monoisotopic (exact) mass is 436 g/mol. The number of benzene rings is 3. The number of para-hydroxylation sites is 1. The van der Waals surface area contributed by atoms with E-state index in [9.17, 15) is 24.1 Å². The van der Waals surface area contributed by atoms with Crippen molar-refractivity contribution in [3.05, 3.63) is 99.9 Å². The molecule has 32 heavy (non-hydrogen) atoms. The van der Waals surface area contributed by atoms with Gasteiger partial charge in [0.05, 0.1) is 11.1 Å². The van der Waals surface area contributed by atoms with E-state index in [0.29, 0.717) is 17.0 Å². The lowest BCUT2D eigenvalue weighted by molar-refractivity contribution is -0.384. The van der Waals surface area contributed by atoms with Gasteiger partial charge in [-0.15, -0.1) is 0 Å². The minimum atomic E-state index is -0.559. The summed E-state index contributed by atoms with van der Waals surface area (Å²) < 4.78 is 18.4. The van der Waals surface area contributed by atoms with E-state index in [4.69, 9.17) is 4.74 Å². The quantitative estimate of drug-likeness (QED) is 0.318. The molecule has 0 aliphatic heterocycles. The minimum absolute atomic E-state index is 0.125. The highest BCUT2D eigenvalue weighted by molar-refractivity contribution is 5.95. The van der Waals surface area contributed by atoms with Crippen LogP contribution in [0.1, 0.15) is 15.9 Å². The van der Waals surface area contributed by atoms with Gasteiger partial charge in [-0.05, 0) is 48.5 Å². The molecule has 0 saturated carbocycles. The molecule has 9 nitrogen and oxygen atoms in total. The van der Waals surface area contributed by atoms with Gasteiger partial charge in [-0.3, -0.25) is 19.7 Å². The van der Waals surface area contributed by atoms with Gasteiger partial charge in [-0.1, -0.05) is 12.1 Å².